The van der Waals surface area contributed by atoms with Crippen molar-refractivity contribution < 1.29 is 0 Å². The maximum Gasteiger partial charge on any atom is 0.0726 e. The summed E-state index contributed by atoms with van der Waals surface area (Å²) in [5.74, 6) is 0. The Morgan fingerprint density at radius 1 is 0.271 bits per heavy atom. The first kappa shape index (κ1) is 42.1. The van der Waals surface area contributed by atoms with Crippen LogP contribution in [0.5, 0.6) is 0 Å². The van der Waals surface area contributed by atoms with Gasteiger partial charge < -0.3 is 4.90 Å². The van der Waals surface area contributed by atoms with Gasteiger partial charge in [-0.25, -0.2) is 0 Å². The third-order valence-corrected chi connectivity index (χ3v) is 16.2. The second kappa shape index (κ2) is 16.0. The van der Waals surface area contributed by atoms with E-state index < -0.39 is 5.41 Å². The lowest BCUT2D eigenvalue weighted by Crippen LogP contribution is -2.33. The van der Waals surface area contributed by atoms with Crippen molar-refractivity contribution in [3.05, 3.63) is 270 Å². The first-order valence-electron chi connectivity index (χ1n) is 25.0. The summed E-state index contributed by atoms with van der Waals surface area (Å²) in [5.41, 5.74) is 26.2. The number of rotatable bonds is 7. The van der Waals surface area contributed by atoms with Gasteiger partial charge in [-0.05, 0) is 143 Å². The number of fused-ring (bicyclic) bond motifs is 11. The van der Waals surface area contributed by atoms with Gasteiger partial charge >= 0.3 is 0 Å². The smallest absolute Gasteiger partial charge is 0.0726 e. The number of para-hydroxylation sites is 1. The first-order chi connectivity index (χ1) is 34.2. The van der Waals surface area contributed by atoms with Crippen LogP contribution in [0.2, 0.25) is 0 Å². The van der Waals surface area contributed by atoms with Crippen LogP contribution in [0.4, 0.5) is 17.1 Å². The Balaban J connectivity index is 1.10. The van der Waals surface area contributed by atoms with Gasteiger partial charge in [0.1, 0.15) is 0 Å². The van der Waals surface area contributed by atoms with E-state index in [1.165, 1.54) is 107 Å². The van der Waals surface area contributed by atoms with Crippen LogP contribution in [-0.4, -0.2) is 0 Å². The quantitative estimate of drug-likeness (QED) is 0.154. The summed E-state index contributed by atoms with van der Waals surface area (Å²) >= 11 is 0. The van der Waals surface area contributed by atoms with Gasteiger partial charge in [-0.2, -0.15) is 0 Å². The average Bonchev–Trinajstić information content (AvgIpc) is 3.87. The SMILES string of the molecule is CC1(C)CCC(C)(C)c2cc(-c3cc4c(cc3N(c3ccc(-c5ccc(-c6ccccc6)cc5)cc3)c3ccccc3-c3ccccc3)C3(c5ccccc5-c5ccccc53)c3ccccc3-4)ccc21. The van der Waals surface area contributed by atoms with Crippen molar-refractivity contribution in [2.45, 2.75) is 56.8 Å². The molecule has 1 heteroatoms. The molecular formula is C69H55N. The van der Waals surface area contributed by atoms with Crippen molar-refractivity contribution in [1.29, 1.82) is 0 Å². The fraction of sp³-hybridized carbons (Fsp3) is 0.130. The Labute approximate surface area is 413 Å². The molecule has 0 N–H and O–H groups in total. The zero-order chi connectivity index (χ0) is 47.2. The summed E-state index contributed by atoms with van der Waals surface area (Å²) in [7, 11) is 0. The highest BCUT2D eigenvalue weighted by atomic mass is 15.1. The van der Waals surface area contributed by atoms with Gasteiger partial charge in [-0.1, -0.05) is 234 Å². The van der Waals surface area contributed by atoms with Gasteiger partial charge in [0, 0.05) is 16.8 Å². The predicted octanol–water partition coefficient (Wildman–Crippen LogP) is 18.5. The number of benzene rings is 10. The molecule has 0 saturated carbocycles. The minimum Gasteiger partial charge on any atom is -0.309 e. The lowest BCUT2D eigenvalue weighted by atomic mass is 9.63. The zero-order valence-corrected chi connectivity index (χ0v) is 40.4. The summed E-state index contributed by atoms with van der Waals surface area (Å²) in [5, 5.41) is 0. The number of anilines is 3. The fourth-order valence-electron chi connectivity index (χ4n) is 12.5. The topological polar surface area (TPSA) is 3.24 Å². The highest BCUT2D eigenvalue weighted by Crippen LogP contribution is 2.64. The van der Waals surface area contributed by atoms with Crippen LogP contribution in [0.25, 0.3) is 66.8 Å². The van der Waals surface area contributed by atoms with Crippen molar-refractivity contribution in [3.8, 4) is 66.8 Å². The lowest BCUT2D eigenvalue weighted by molar-refractivity contribution is 0.332. The highest BCUT2D eigenvalue weighted by Gasteiger charge is 2.52. The number of hydrogen-bond donors (Lipinski definition) is 0. The van der Waals surface area contributed by atoms with Crippen molar-refractivity contribution in [3.63, 3.8) is 0 Å². The molecule has 3 aliphatic rings. The molecule has 0 bridgehead atoms. The largest absolute Gasteiger partial charge is 0.309 e. The molecule has 0 amide bonds. The fourth-order valence-corrected chi connectivity index (χ4v) is 12.5. The normalized spacial score (nSPS) is 15.1. The standard InChI is InChI=1S/C69H55N/c1-67(2)41-42-68(3,4)64-43-51(37-40-62(64)67)57-44-58-56-26-13-17-29-61(56)69(59-27-15-11-24-54(59)55-25-12-16-28-60(55)69)63(58)45-66(57)70(65-30-18-14-23-53(65)50-21-9-6-10-22-50)52-38-35-49(36-39-52)48-33-31-47(32-34-48)46-19-7-5-8-20-46/h5-40,43-45H,41-42H2,1-4H3. The third-order valence-electron chi connectivity index (χ3n) is 16.2. The molecule has 0 aliphatic heterocycles. The summed E-state index contributed by atoms with van der Waals surface area (Å²) in [6.07, 6.45) is 2.33. The number of nitrogens with zero attached hydrogens (tertiary/aromatic N) is 1. The summed E-state index contributed by atoms with van der Waals surface area (Å²) < 4.78 is 0. The average molecular weight is 898 g/mol. The molecule has 13 rings (SSSR count). The zero-order valence-electron chi connectivity index (χ0n) is 40.4. The van der Waals surface area contributed by atoms with E-state index in [0.717, 1.165) is 23.5 Å². The van der Waals surface area contributed by atoms with E-state index in [1.807, 2.05) is 0 Å². The molecule has 0 fully saturated rings. The van der Waals surface area contributed by atoms with Crippen LogP contribution in [0, 0.1) is 0 Å². The molecule has 0 atom stereocenters. The van der Waals surface area contributed by atoms with E-state index in [9.17, 15) is 0 Å². The first-order valence-corrected chi connectivity index (χ1v) is 25.0. The van der Waals surface area contributed by atoms with Crippen LogP contribution in [0.1, 0.15) is 73.9 Å². The van der Waals surface area contributed by atoms with Gasteiger partial charge in [0.15, 0.2) is 0 Å². The second-order valence-corrected chi connectivity index (χ2v) is 21.0. The Morgan fingerprint density at radius 3 is 1.27 bits per heavy atom. The van der Waals surface area contributed by atoms with Crippen LogP contribution in [0.15, 0.2) is 237 Å². The van der Waals surface area contributed by atoms with Gasteiger partial charge in [0.05, 0.1) is 16.8 Å². The van der Waals surface area contributed by atoms with Crippen LogP contribution in [0.3, 0.4) is 0 Å². The molecule has 10 aromatic rings. The maximum atomic E-state index is 2.59. The second-order valence-electron chi connectivity index (χ2n) is 21.0. The van der Waals surface area contributed by atoms with Crippen LogP contribution < -0.4 is 4.90 Å². The van der Waals surface area contributed by atoms with Gasteiger partial charge in [-0.3, -0.25) is 0 Å². The van der Waals surface area contributed by atoms with Crippen molar-refractivity contribution in [2.24, 2.45) is 0 Å². The molecule has 0 unspecified atom stereocenters. The van der Waals surface area contributed by atoms with Crippen molar-refractivity contribution >= 4 is 17.1 Å². The van der Waals surface area contributed by atoms with E-state index in [0.29, 0.717) is 0 Å². The molecule has 0 saturated heterocycles. The van der Waals surface area contributed by atoms with E-state index >= 15 is 0 Å². The highest BCUT2D eigenvalue weighted by molar-refractivity contribution is 6.01. The molecule has 1 spiro atoms. The Bertz CT molecular complexity index is 3590. The molecule has 1 nitrogen and oxygen atoms in total. The predicted molar refractivity (Wildman–Crippen MR) is 294 cm³/mol. The van der Waals surface area contributed by atoms with Crippen LogP contribution >= 0.6 is 0 Å². The van der Waals surface area contributed by atoms with E-state index in [4.69, 9.17) is 0 Å². The van der Waals surface area contributed by atoms with Crippen molar-refractivity contribution in [2.75, 3.05) is 4.90 Å². The van der Waals surface area contributed by atoms with Gasteiger partial charge in [0.2, 0.25) is 0 Å². The molecule has 336 valence electrons. The molecule has 10 aromatic carbocycles. The Morgan fingerprint density at radius 2 is 0.700 bits per heavy atom. The van der Waals surface area contributed by atoms with E-state index in [1.54, 1.807) is 0 Å². The maximum absolute atomic E-state index is 2.59. The summed E-state index contributed by atoms with van der Waals surface area (Å²) in [6.45, 7) is 9.75. The minimum atomic E-state index is -0.505. The Kier molecular flexibility index (Phi) is 9.65. The molecule has 3 aliphatic carbocycles. The Hall–Kier alpha value is -8.00. The number of hydrogen-bond acceptors (Lipinski definition) is 1. The van der Waals surface area contributed by atoms with Gasteiger partial charge in [-0.15, -0.1) is 0 Å². The monoisotopic (exact) mass is 897 g/mol. The van der Waals surface area contributed by atoms with Crippen molar-refractivity contribution in [1.82, 2.24) is 0 Å². The summed E-state index contributed by atoms with van der Waals surface area (Å²) in [6, 6.07) is 88.9. The third kappa shape index (κ3) is 6.45. The summed E-state index contributed by atoms with van der Waals surface area (Å²) in [4.78, 5) is 2.57. The molecule has 0 radical (unpaired) electrons. The van der Waals surface area contributed by atoms with E-state index in [2.05, 4.69) is 269 Å². The van der Waals surface area contributed by atoms with Gasteiger partial charge in [0.25, 0.3) is 0 Å². The van der Waals surface area contributed by atoms with Crippen LogP contribution in [-0.2, 0) is 16.2 Å². The molecule has 0 heterocycles. The van der Waals surface area contributed by atoms with E-state index in [-0.39, 0.29) is 10.8 Å². The molecule has 0 aromatic heterocycles. The minimum absolute atomic E-state index is 0.0421. The lowest BCUT2D eigenvalue weighted by Gasteiger charge is -2.42. The molecule has 70 heavy (non-hydrogen) atoms. The molecular weight excluding hydrogens is 843 g/mol.